The fourth-order valence-electron chi connectivity index (χ4n) is 3.74. The molecule has 0 saturated carbocycles. The highest BCUT2D eigenvalue weighted by atomic mass is 32.2. The van der Waals surface area contributed by atoms with Crippen LogP contribution in [-0.2, 0) is 9.84 Å². The maximum atomic E-state index is 14.2. The third-order valence-electron chi connectivity index (χ3n) is 5.32. The van der Waals surface area contributed by atoms with Gasteiger partial charge in [-0.25, -0.2) is 17.8 Å². The number of rotatable bonds is 5. The van der Waals surface area contributed by atoms with Crippen LogP contribution < -0.4 is 16.0 Å². The molecule has 1 fully saturated rings. The summed E-state index contributed by atoms with van der Waals surface area (Å²) in [6.07, 6.45) is 1.95. The number of benzene rings is 1. The molecule has 4 rings (SSSR count). The molecule has 3 aromatic rings. The zero-order chi connectivity index (χ0) is 20.9. The van der Waals surface area contributed by atoms with Crippen molar-refractivity contribution in [1.29, 1.82) is 0 Å². The molecule has 0 unspecified atom stereocenters. The predicted molar refractivity (Wildman–Crippen MR) is 113 cm³/mol. The summed E-state index contributed by atoms with van der Waals surface area (Å²) in [6.45, 7) is 3.77. The number of aromatic nitrogens is 3. The van der Waals surface area contributed by atoms with Crippen molar-refractivity contribution in [2.45, 2.75) is 18.5 Å². The number of aromatic amines is 1. The van der Waals surface area contributed by atoms with Crippen LogP contribution in [0.1, 0.15) is 13.3 Å². The standard InChI is InChI=1S/C19H23FN6O2S/c1-4-10(7-21)11-8-26(9-11)18-15-13-5-12(20)6-14(22-2)16(13)23-17(15)24-19(25-18)29(3,27)28/h5-6,22H,4,7-9,21H2,1-3H3,(H,23,24,25). The molecule has 0 bridgehead atoms. The molecule has 0 aliphatic carbocycles. The molecule has 0 radical (unpaired) electrons. The number of nitrogens with one attached hydrogen (secondary N) is 2. The van der Waals surface area contributed by atoms with E-state index in [-0.39, 0.29) is 5.16 Å². The normalized spacial score (nSPS) is 14.5. The monoisotopic (exact) mass is 418 g/mol. The van der Waals surface area contributed by atoms with Gasteiger partial charge in [0.2, 0.25) is 9.84 Å². The number of hydrogen-bond donors (Lipinski definition) is 3. The molecule has 1 aromatic carbocycles. The minimum Gasteiger partial charge on any atom is -0.386 e. The topological polar surface area (TPSA) is 117 Å². The first-order valence-electron chi connectivity index (χ1n) is 9.32. The largest absolute Gasteiger partial charge is 0.386 e. The fraction of sp³-hybridized carbons (Fsp3) is 0.368. The van der Waals surface area contributed by atoms with Crippen LogP contribution in [0.5, 0.6) is 0 Å². The molecule has 0 atom stereocenters. The van der Waals surface area contributed by atoms with Gasteiger partial charge in [-0.1, -0.05) is 12.5 Å². The average Bonchev–Trinajstić information content (AvgIpc) is 3.00. The van der Waals surface area contributed by atoms with E-state index < -0.39 is 15.7 Å². The van der Waals surface area contributed by atoms with Crippen LogP contribution in [0.15, 0.2) is 28.4 Å². The van der Waals surface area contributed by atoms with Gasteiger partial charge in [0, 0.05) is 38.3 Å². The van der Waals surface area contributed by atoms with E-state index in [2.05, 4.69) is 27.2 Å². The van der Waals surface area contributed by atoms with Gasteiger partial charge in [-0.3, -0.25) is 0 Å². The second-order valence-corrected chi connectivity index (χ2v) is 9.11. The van der Waals surface area contributed by atoms with Crippen LogP contribution in [0.3, 0.4) is 0 Å². The van der Waals surface area contributed by atoms with E-state index in [1.165, 1.54) is 23.3 Å². The highest BCUT2D eigenvalue weighted by molar-refractivity contribution is 7.90. The van der Waals surface area contributed by atoms with E-state index >= 15 is 0 Å². The number of H-pyrrole nitrogens is 1. The Morgan fingerprint density at radius 2 is 2.07 bits per heavy atom. The maximum Gasteiger partial charge on any atom is 0.250 e. The third-order valence-corrected chi connectivity index (χ3v) is 6.17. The van der Waals surface area contributed by atoms with Crippen LogP contribution in [0.2, 0.25) is 0 Å². The molecule has 29 heavy (non-hydrogen) atoms. The molecule has 10 heteroatoms. The number of nitrogens with zero attached hydrogens (tertiary/aromatic N) is 3. The van der Waals surface area contributed by atoms with Crippen molar-refractivity contribution in [2.24, 2.45) is 5.73 Å². The SMILES string of the molecule is CCC(CN)=C1CN(c2nc(S(C)(=O)=O)nc3[nH]c4c(NC)cc(F)cc4c23)C1. The van der Waals surface area contributed by atoms with Crippen molar-refractivity contribution < 1.29 is 12.8 Å². The molecule has 0 spiro atoms. The molecule has 8 nitrogen and oxygen atoms in total. The lowest BCUT2D eigenvalue weighted by molar-refractivity contribution is 0.593. The van der Waals surface area contributed by atoms with Gasteiger partial charge in [-0.05, 0) is 24.1 Å². The predicted octanol–water partition coefficient (Wildman–Crippen LogP) is 2.18. The second-order valence-electron chi connectivity index (χ2n) is 7.20. The van der Waals surface area contributed by atoms with Crippen molar-refractivity contribution in [1.82, 2.24) is 15.0 Å². The Bertz CT molecular complexity index is 1250. The number of hydrogen-bond acceptors (Lipinski definition) is 7. The zero-order valence-corrected chi connectivity index (χ0v) is 17.3. The van der Waals surface area contributed by atoms with E-state index in [1.54, 1.807) is 7.05 Å². The summed E-state index contributed by atoms with van der Waals surface area (Å²) in [5, 5.41) is 3.91. The van der Waals surface area contributed by atoms with Crippen molar-refractivity contribution in [3.8, 4) is 0 Å². The Kier molecular flexibility index (Phi) is 4.70. The lowest BCUT2D eigenvalue weighted by atomic mass is 9.98. The van der Waals surface area contributed by atoms with Gasteiger partial charge in [0.1, 0.15) is 17.3 Å². The number of nitrogens with two attached hydrogens (primary N) is 1. The molecule has 1 aliphatic rings. The molecular weight excluding hydrogens is 395 g/mol. The summed E-state index contributed by atoms with van der Waals surface area (Å²) < 4.78 is 38.5. The van der Waals surface area contributed by atoms with Gasteiger partial charge in [0.05, 0.1) is 16.6 Å². The molecule has 1 aliphatic heterocycles. The summed E-state index contributed by atoms with van der Waals surface area (Å²) in [7, 11) is -1.93. The smallest absolute Gasteiger partial charge is 0.250 e. The molecule has 4 N–H and O–H groups in total. The van der Waals surface area contributed by atoms with Gasteiger partial charge in [-0.15, -0.1) is 0 Å². The highest BCUT2D eigenvalue weighted by Gasteiger charge is 2.29. The van der Waals surface area contributed by atoms with Gasteiger partial charge in [-0.2, -0.15) is 4.98 Å². The molecule has 2 aromatic heterocycles. The first kappa shape index (κ1) is 19.6. The Morgan fingerprint density at radius 3 is 2.66 bits per heavy atom. The van der Waals surface area contributed by atoms with Gasteiger partial charge in [0.15, 0.2) is 0 Å². The number of fused-ring (bicyclic) bond motifs is 3. The lowest BCUT2D eigenvalue weighted by Gasteiger charge is -2.37. The number of halogens is 1. The van der Waals surface area contributed by atoms with Crippen LogP contribution in [0, 0.1) is 5.82 Å². The average molecular weight is 418 g/mol. The zero-order valence-electron chi connectivity index (χ0n) is 16.5. The first-order chi connectivity index (χ1) is 13.8. The van der Waals surface area contributed by atoms with E-state index in [4.69, 9.17) is 5.73 Å². The van der Waals surface area contributed by atoms with E-state index in [9.17, 15) is 12.8 Å². The van der Waals surface area contributed by atoms with E-state index in [1.807, 2.05) is 4.90 Å². The Morgan fingerprint density at radius 1 is 1.34 bits per heavy atom. The summed E-state index contributed by atoms with van der Waals surface area (Å²) in [4.78, 5) is 13.7. The minimum atomic E-state index is -3.63. The Labute approximate surface area is 167 Å². The molecule has 1 saturated heterocycles. The third kappa shape index (κ3) is 3.22. The molecular formula is C19H23FN6O2S. The van der Waals surface area contributed by atoms with Crippen molar-refractivity contribution in [2.75, 3.05) is 43.2 Å². The lowest BCUT2D eigenvalue weighted by Crippen LogP contribution is -2.42. The molecule has 0 amide bonds. The number of sulfone groups is 1. The van der Waals surface area contributed by atoms with Crippen molar-refractivity contribution >= 4 is 43.3 Å². The van der Waals surface area contributed by atoms with E-state index in [0.717, 1.165) is 12.7 Å². The van der Waals surface area contributed by atoms with Gasteiger partial charge in [0.25, 0.3) is 5.16 Å². The Hall–Kier alpha value is -2.72. The van der Waals surface area contributed by atoms with Gasteiger partial charge >= 0.3 is 0 Å². The summed E-state index contributed by atoms with van der Waals surface area (Å²) in [5.74, 6) is 0.0760. The quantitative estimate of drug-likeness (QED) is 0.429. The van der Waals surface area contributed by atoms with Crippen LogP contribution >= 0.6 is 0 Å². The Balaban J connectivity index is 1.98. The second kappa shape index (κ2) is 6.96. The van der Waals surface area contributed by atoms with Crippen molar-refractivity contribution in [3.63, 3.8) is 0 Å². The minimum absolute atomic E-state index is 0.259. The van der Waals surface area contributed by atoms with Crippen LogP contribution in [-0.4, -0.2) is 56.3 Å². The molecule has 3 heterocycles. The van der Waals surface area contributed by atoms with Crippen LogP contribution in [0.25, 0.3) is 21.9 Å². The van der Waals surface area contributed by atoms with E-state index in [0.29, 0.717) is 53.1 Å². The van der Waals surface area contributed by atoms with Crippen molar-refractivity contribution in [3.05, 3.63) is 29.1 Å². The summed E-state index contributed by atoms with van der Waals surface area (Å²) in [5.41, 5.74) is 9.81. The maximum absolute atomic E-state index is 14.2. The highest BCUT2D eigenvalue weighted by Crippen LogP contribution is 2.38. The van der Waals surface area contributed by atoms with Crippen LogP contribution in [0.4, 0.5) is 15.9 Å². The fourth-order valence-corrected chi connectivity index (χ4v) is 4.25. The van der Waals surface area contributed by atoms with Gasteiger partial charge < -0.3 is 20.9 Å². The first-order valence-corrected chi connectivity index (χ1v) is 11.2. The molecule has 154 valence electrons. The summed E-state index contributed by atoms with van der Waals surface area (Å²) in [6, 6.07) is 2.79. The summed E-state index contributed by atoms with van der Waals surface area (Å²) >= 11 is 0. The number of anilines is 2.